The molecular weight excluding hydrogens is 198 g/mol. The smallest absolute Gasteiger partial charge is 0.119 e. The Balaban J connectivity index is 2.36. The van der Waals surface area contributed by atoms with Crippen molar-refractivity contribution in [1.82, 2.24) is 0 Å². The molecule has 0 spiro atoms. The number of hydrogen-bond acceptors (Lipinski definition) is 2. The van der Waals surface area contributed by atoms with E-state index in [2.05, 4.69) is 6.92 Å². The molecule has 0 atom stereocenters. The van der Waals surface area contributed by atoms with E-state index < -0.39 is 0 Å². The van der Waals surface area contributed by atoms with E-state index in [9.17, 15) is 0 Å². The molecule has 0 amide bonds. The number of ether oxygens (including phenoxy) is 1. The number of hydrogen-bond donors (Lipinski definition) is 1. The Labute approximate surface area is 98.1 Å². The van der Waals surface area contributed by atoms with Crippen molar-refractivity contribution < 1.29 is 4.74 Å². The van der Waals surface area contributed by atoms with E-state index in [1.807, 2.05) is 36.4 Å². The largest absolute Gasteiger partial charge is 0.494 e. The molecule has 2 nitrogen and oxygen atoms in total. The summed E-state index contributed by atoms with van der Waals surface area (Å²) in [6, 6.07) is 8.09. The van der Waals surface area contributed by atoms with Gasteiger partial charge in [-0.25, -0.2) is 0 Å². The van der Waals surface area contributed by atoms with Crippen LogP contribution in [0.4, 0.5) is 0 Å². The second-order valence-corrected chi connectivity index (χ2v) is 3.76. The molecule has 0 radical (unpaired) electrons. The van der Waals surface area contributed by atoms with Crippen LogP contribution in [0.2, 0.25) is 0 Å². The van der Waals surface area contributed by atoms with Crippen molar-refractivity contribution in [1.29, 1.82) is 0 Å². The fraction of sp³-hybridized carbons (Fsp3) is 0.429. The molecule has 2 heteroatoms. The maximum Gasteiger partial charge on any atom is 0.119 e. The van der Waals surface area contributed by atoms with Crippen LogP contribution in [0.25, 0.3) is 6.08 Å². The van der Waals surface area contributed by atoms with Crippen molar-refractivity contribution in [3.8, 4) is 5.75 Å². The normalized spacial score (nSPS) is 10.9. The van der Waals surface area contributed by atoms with Gasteiger partial charge in [-0.3, -0.25) is 0 Å². The van der Waals surface area contributed by atoms with Crippen molar-refractivity contribution in [3.63, 3.8) is 0 Å². The molecule has 88 valence electrons. The van der Waals surface area contributed by atoms with Crippen LogP contribution in [-0.4, -0.2) is 13.2 Å². The summed E-state index contributed by atoms with van der Waals surface area (Å²) < 4.78 is 5.62. The maximum atomic E-state index is 5.62. The van der Waals surface area contributed by atoms with Gasteiger partial charge in [-0.05, 0) is 24.1 Å². The minimum atomic E-state index is 0.579. The van der Waals surface area contributed by atoms with Crippen LogP contribution >= 0.6 is 0 Å². The van der Waals surface area contributed by atoms with Crippen LogP contribution in [0.1, 0.15) is 31.7 Å². The molecule has 0 fully saturated rings. The second-order valence-electron chi connectivity index (χ2n) is 3.76. The first-order valence-electron chi connectivity index (χ1n) is 5.96. The van der Waals surface area contributed by atoms with Gasteiger partial charge in [0.2, 0.25) is 0 Å². The highest BCUT2D eigenvalue weighted by molar-refractivity contribution is 5.50. The average molecular weight is 219 g/mol. The van der Waals surface area contributed by atoms with Crippen LogP contribution in [0, 0.1) is 0 Å². The first kappa shape index (κ1) is 12.8. The zero-order valence-electron chi connectivity index (χ0n) is 9.99. The van der Waals surface area contributed by atoms with Gasteiger partial charge in [0, 0.05) is 6.54 Å². The van der Waals surface area contributed by atoms with Crippen LogP contribution in [-0.2, 0) is 0 Å². The van der Waals surface area contributed by atoms with Crippen molar-refractivity contribution in [2.45, 2.75) is 26.2 Å². The summed E-state index contributed by atoms with van der Waals surface area (Å²) in [7, 11) is 0. The molecule has 2 N–H and O–H groups in total. The average Bonchev–Trinajstić information content (AvgIpc) is 2.33. The van der Waals surface area contributed by atoms with E-state index in [-0.39, 0.29) is 0 Å². The number of benzene rings is 1. The zero-order chi connectivity index (χ0) is 11.6. The van der Waals surface area contributed by atoms with Gasteiger partial charge >= 0.3 is 0 Å². The van der Waals surface area contributed by atoms with Gasteiger partial charge in [0.25, 0.3) is 0 Å². The summed E-state index contributed by atoms with van der Waals surface area (Å²) in [6.07, 6.45) is 7.55. The van der Waals surface area contributed by atoms with E-state index in [0.29, 0.717) is 6.54 Å². The molecule has 16 heavy (non-hydrogen) atoms. The SMILES string of the molecule is CCCCCOc1ccc(C=CCN)cc1. The lowest BCUT2D eigenvalue weighted by atomic mass is 10.2. The third-order valence-electron chi connectivity index (χ3n) is 2.34. The van der Waals surface area contributed by atoms with Crippen molar-refractivity contribution in [3.05, 3.63) is 35.9 Å². The molecule has 1 rings (SSSR count). The fourth-order valence-corrected chi connectivity index (χ4v) is 1.42. The number of rotatable bonds is 7. The standard InChI is InChI=1S/C14H21NO/c1-2-3-4-12-16-14-9-7-13(8-10-14)6-5-11-15/h5-10H,2-4,11-12,15H2,1H3. The Morgan fingerprint density at radius 1 is 1.19 bits per heavy atom. The highest BCUT2D eigenvalue weighted by Gasteiger charge is 1.93. The van der Waals surface area contributed by atoms with Crippen molar-refractivity contribution in [2.24, 2.45) is 5.73 Å². The van der Waals surface area contributed by atoms with Crippen molar-refractivity contribution in [2.75, 3.05) is 13.2 Å². The molecule has 1 aromatic carbocycles. The summed E-state index contributed by atoms with van der Waals surface area (Å²) in [5, 5.41) is 0. The highest BCUT2D eigenvalue weighted by atomic mass is 16.5. The predicted molar refractivity (Wildman–Crippen MR) is 69.6 cm³/mol. The molecule has 0 aliphatic rings. The van der Waals surface area contributed by atoms with Crippen LogP contribution < -0.4 is 10.5 Å². The topological polar surface area (TPSA) is 35.2 Å². The molecule has 0 saturated heterocycles. The van der Waals surface area contributed by atoms with Gasteiger partial charge in [0.1, 0.15) is 5.75 Å². The molecular formula is C14H21NO. The minimum Gasteiger partial charge on any atom is -0.494 e. The first-order chi connectivity index (χ1) is 7.86. The Morgan fingerprint density at radius 3 is 2.56 bits per heavy atom. The lowest BCUT2D eigenvalue weighted by molar-refractivity contribution is 0.306. The van der Waals surface area contributed by atoms with Gasteiger partial charge in [-0.2, -0.15) is 0 Å². The number of unbranched alkanes of at least 4 members (excludes halogenated alkanes) is 2. The number of nitrogens with two attached hydrogens (primary N) is 1. The Bertz CT molecular complexity index is 303. The lowest BCUT2D eigenvalue weighted by Gasteiger charge is -2.05. The summed E-state index contributed by atoms with van der Waals surface area (Å²) in [5.41, 5.74) is 6.55. The first-order valence-corrected chi connectivity index (χ1v) is 5.96. The molecule has 0 aromatic heterocycles. The van der Waals surface area contributed by atoms with Crippen LogP contribution in [0.5, 0.6) is 5.75 Å². The fourth-order valence-electron chi connectivity index (χ4n) is 1.42. The van der Waals surface area contributed by atoms with E-state index in [0.717, 1.165) is 24.3 Å². The zero-order valence-corrected chi connectivity index (χ0v) is 9.99. The van der Waals surface area contributed by atoms with E-state index >= 15 is 0 Å². The third-order valence-corrected chi connectivity index (χ3v) is 2.34. The van der Waals surface area contributed by atoms with Gasteiger partial charge in [0.15, 0.2) is 0 Å². The monoisotopic (exact) mass is 219 g/mol. The Hall–Kier alpha value is -1.28. The molecule has 0 saturated carbocycles. The van der Waals surface area contributed by atoms with Crippen LogP contribution in [0.3, 0.4) is 0 Å². The Kier molecular flexibility index (Phi) is 6.35. The third kappa shape index (κ3) is 4.99. The molecule has 0 heterocycles. The molecule has 0 bridgehead atoms. The summed E-state index contributed by atoms with van der Waals surface area (Å²) in [5.74, 6) is 0.945. The minimum absolute atomic E-state index is 0.579. The van der Waals surface area contributed by atoms with Gasteiger partial charge in [-0.15, -0.1) is 0 Å². The highest BCUT2D eigenvalue weighted by Crippen LogP contribution is 2.13. The maximum absolute atomic E-state index is 5.62. The van der Waals surface area contributed by atoms with Gasteiger partial charge in [0.05, 0.1) is 6.61 Å². The quantitative estimate of drug-likeness (QED) is 0.715. The molecule has 0 unspecified atom stereocenters. The molecule has 0 aliphatic carbocycles. The molecule has 1 aromatic rings. The van der Waals surface area contributed by atoms with E-state index in [1.54, 1.807) is 0 Å². The van der Waals surface area contributed by atoms with E-state index in [4.69, 9.17) is 10.5 Å². The Morgan fingerprint density at radius 2 is 1.94 bits per heavy atom. The second kappa shape index (κ2) is 7.94. The van der Waals surface area contributed by atoms with Crippen molar-refractivity contribution >= 4 is 6.08 Å². The summed E-state index contributed by atoms with van der Waals surface area (Å²) in [6.45, 7) is 3.58. The van der Waals surface area contributed by atoms with Gasteiger partial charge < -0.3 is 10.5 Å². The molecule has 0 aliphatic heterocycles. The van der Waals surface area contributed by atoms with Crippen LogP contribution in [0.15, 0.2) is 30.3 Å². The lowest BCUT2D eigenvalue weighted by Crippen LogP contribution is -1.96. The summed E-state index contributed by atoms with van der Waals surface area (Å²) >= 11 is 0. The van der Waals surface area contributed by atoms with Gasteiger partial charge in [-0.1, -0.05) is 44.1 Å². The summed E-state index contributed by atoms with van der Waals surface area (Å²) in [4.78, 5) is 0. The predicted octanol–water partition coefficient (Wildman–Crippen LogP) is 3.23. The van der Waals surface area contributed by atoms with E-state index in [1.165, 1.54) is 12.8 Å².